The van der Waals surface area contributed by atoms with E-state index in [9.17, 15) is 4.79 Å². The Balaban J connectivity index is 2.28. The number of hydrogen-bond donors (Lipinski definition) is 1. The lowest BCUT2D eigenvalue weighted by atomic mass is 10.4. The van der Waals surface area contributed by atoms with Crippen LogP contribution in [0.3, 0.4) is 0 Å². The predicted molar refractivity (Wildman–Crippen MR) is 61.0 cm³/mol. The van der Waals surface area contributed by atoms with Crippen molar-refractivity contribution in [3.8, 4) is 0 Å². The summed E-state index contributed by atoms with van der Waals surface area (Å²) in [5.41, 5.74) is 0. The van der Waals surface area contributed by atoms with Crippen molar-refractivity contribution in [3.05, 3.63) is 39.0 Å². The Hall–Kier alpha value is -0.910. The average molecular weight is 245 g/mol. The highest BCUT2D eigenvalue weighted by molar-refractivity contribution is 7.70. The van der Waals surface area contributed by atoms with E-state index in [4.69, 9.17) is 11.6 Å². The molecule has 0 saturated heterocycles. The van der Waals surface area contributed by atoms with E-state index < -0.39 is 0 Å². The molecule has 0 atom stereocenters. The highest BCUT2D eigenvalue weighted by Gasteiger charge is 2.07. The van der Waals surface area contributed by atoms with Gasteiger partial charge in [-0.3, -0.25) is 4.79 Å². The molecular formula is C8H5ClN2OS2. The van der Waals surface area contributed by atoms with Crippen LogP contribution >= 0.6 is 32.3 Å². The third-order valence-electron chi connectivity index (χ3n) is 1.49. The molecule has 0 saturated carbocycles. The quantitative estimate of drug-likeness (QED) is 0.826. The van der Waals surface area contributed by atoms with Gasteiger partial charge in [-0.15, -0.1) is 0 Å². The fourth-order valence-electron chi connectivity index (χ4n) is 0.874. The Labute approximate surface area is 92.4 Å². The van der Waals surface area contributed by atoms with Crippen LogP contribution in [0.1, 0.15) is 0 Å². The Morgan fingerprint density at radius 3 is 2.79 bits per heavy atom. The Morgan fingerprint density at radius 1 is 1.36 bits per heavy atom. The summed E-state index contributed by atoms with van der Waals surface area (Å²) in [6.07, 6.45) is 1.67. The standard InChI is InChI=1S/C8H5ClN2OS2/c9-6-7(13-14-8(6)12)11-5-3-1-2-4-10-5/h1-4H,(H,10,11). The second-order valence-corrected chi connectivity index (χ2v) is 4.93. The van der Waals surface area contributed by atoms with Crippen molar-refractivity contribution in [2.45, 2.75) is 0 Å². The molecule has 2 rings (SSSR count). The Bertz CT molecular complexity index is 480. The lowest BCUT2D eigenvalue weighted by Crippen LogP contribution is -1.94. The van der Waals surface area contributed by atoms with E-state index in [1.54, 1.807) is 6.20 Å². The van der Waals surface area contributed by atoms with Crippen molar-refractivity contribution < 1.29 is 0 Å². The maximum Gasteiger partial charge on any atom is 0.263 e. The molecule has 72 valence electrons. The SMILES string of the molecule is O=c1ssc(Nc2ccccn2)c1Cl. The maximum absolute atomic E-state index is 11.1. The van der Waals surface area contributed by atoms with Gasteiger partial charge in [0.1, 0.15) is 15.8 Å². The monoisotopic (exact) mass is 244 g/mol. The zero-order valence-corrected chi connectivity index (χ0v) is 9.25. The molecule has 0 amide bonds. The third kappa shape index (κ3) is 1.95. The summed E-state index contributed by atoms with van der Waals surface area (Å²) in [6, 6.07) is 5.49. The molecule has 2 heterocycles. The smallest absolute Gasteiger partial charge is 0.263 e. The van der Waals surface area contributed by atoms with Crippen LogP contribution in [-0.2, 0) is 0 Å². The van der Waals surface area contributed by atoms with E-state index in [1.165, 1.54) is 10.3 Å². The molecule has 0 aromatic carbocycles. The number of anilines is 2. The highest BCUT2D eigenvalue weighted by atomic mass is 35.5. The molecule has 2 aromatic heterocycles. The molecule has 0 aliphatic heterocycles. The van der Waals surface area contributed by atoms with Crippen LogP contribution in [0.5, 0.6) is 0 Å². The van der Waals surface area contributed by atoms with Crippen LogP contribution in [0.15, 0.2) is 29.2 Å². The van der Waals surface area contributed by atoms with E-state index in [2.05, 4.69) is 10.3 Å². The molecule has 0 aliphatic carbocycles. The number of rotatable bonds is 2. The normalized spacial score (nSPS) is 10.1. The number of halogens is 1. The van der Waals surface area contributed by atoms with E-state index in [0.717, 1.165) is 10.3 Å². The molecule has 2 aromatic rings. The minimum Gasteiger partial charge on any atom is -0.330 e. The van der Waals surface area contributed by atoms with Gasteiger partial charge in [-0.25, -0.2) is 4.98 Å². The maximum atomic E-state index is 11.1. The number of hydrogen-bond acceptors (Lipinski definition) is 5. The number of pyridine rings is 1. The molecule has 14 heavy (non-hydrogen) atoms. The summed E-state index contributed by atoms with van der Waals surface area (Å²) >= 11 is 5.78. The first-order valence-electron chi connectivity index (χ1n) is 3.74. The highest BCUT2D eigenvalue weighted by Crippen LogP contribution is 2.29. The van der Waals surface area contributed by atoms with E-state index in [1.807, 2.05) is 18.2 Å². The summed E-state index contributed by atoms with van der Waals surface area (Å²) in [4.78, 5) is 15.1. The van der Waals surface area contributed by atoms with Gasteiger partial charge in [0.05, 0.1) is 0 Å². The number of nitrogens with one attached hydrogen (secondary N) is 1. The summed E-state index contributed by atoms with van der Waals surface area (Å²) in [6.45, 7) is 0. The van der Waals surface area contributed by atoms with E-state index in [0.29, 0.717) is 10.8 Å². The second-order valence-electron chi connectivity index (χ2n) is 2.44. The van der Waals surface area contributed by atoms with Gasteiger partial charge in [0.25, 0.3) is 4.74 Å². The molecule has 0 bridgehead atoms. The number of nitrogens with zero attached hydrogens (tertiary/aromatic N) is 1. The molecule has 0 spiro atoms. The van der Waals surface area contributed by atoms with Crippen molar-refractivity contribution in [2.24, 2.45) is 0 Å². The molecule has 0 unspecified atom stereocenters. The van der Waals surface area contributed by atoms with Crippen LogP contribution in [0.2, 0.25) is 5.02 Å². The van der Waals surface area contributed by atoms with Crippen molar-refractivity contribution in [1.29, 1.82) is 0 Å². The van der Waals surface area contributed by atoms with Crippen LogP contribution < -0.4 is 10.1 Å². The lowest BCUT2D eigenvalue weighted by molar-refractivity contribution is 1.32. The van der Waals surface area contributed by atoms with Gasteiger partial charge in [-0.05, 0) is 22.5 Å². The van der Waals surface area contributed by atoms with Crippen molar-refractivity contribution in [2.75, 3.05) is 5.32 Å². The molecule has 0 aliphatic rings. The summed E-state index contributed by atoms with van der Waals surface area (Å²) < 4.78 is -0.116. The summed E-state index contributed by atoms with van der Waals surface area (Å²) in [7, 11) is 2.43. The van der Waals surface area contributed by atoms with Crippen LogP contribution in [-0.4, -0.2) is 4.98 Å². The first kappa shape index (κ1) is 9.64. The molecule has 0 radical (unpaired) electrons. The average Bonchev–Trinajstić information content (AvgIpc) is 2.52. The predicted octanol–water partition coefficient (Wildman–Crippen LogP) is 2.96. The van der Waals surface area contributed by atoms with Crippen molar-refractivity contribution in [3.63, 3.8) is 0 Å². The first-order chi connectivity index (χ1) is 6.77. The molecule has 6 heteroatoms. The van der Waals surface area contributed by atoms with Gasteiger partial charge in [0, 0.05) is 6.20 Å². The third-order valence-corrected chi connectivity index (χ3v) is 4.19. The minimum absolute atomic E-state index is 0.116. The van der Waals surface area contributed by atoms with Gasteiger partial charge in [-0.1, -0.05) is 28.0 Å². The Kier molecular flexibility index (Phi) is 2.81. The lowest BCUT2D eigenvalue weighted by Gasteiger charge is -2.00. The van der Waals surface area contributed by atoms with Crippen LogP contribution in [0.4, 0.5) is 10.8 Å². The van der Waals surface area contributed by atoms with Gasteiger partial charge in [0.2, 0.25) is 0 Å². The zero-order valence-electron chi connectivity index (χ0n) is 6.86. The largest absolute Gasteiger partial charge is 0.330 e. The second kappa shape index (κ2) is 4.08. The summed E-state index contributed by atoms with van der Waals surface area (Å²) in [5.74, 6) is 0.684. The minimum atomic E-state index is -0.116. The molecule has 1 N–H and O–H groups in total. The van der Waals surface area contributed by atoms with Crippen LogP contribution in [0.25, 0.3) is 0 Å². The first-order valence-corrected chi connectivity index (χ1v) is 6.27. The molecule has 3 nitrogen and oxygen atoms in total. The zero-order chi connectivity index (χ0) is 9.97. The van der Waals surface area contributed by atoms with Crippen LogP contribution in [0, 0.1) is 0 Å². The Morgan fingerprint density at radius 2 is 2.21 bits per heavy atom. The van der Waals surface area contributed by atoms with Crippen molar-refractivity contribution >= 4 is 43.1 Å². The number of aromatic nitrogens is 1. The summed E-state index contributed by atoms with van der Waals surface area (Å²) in [5, 5.41) is 3.87. The van der Waals surface area contributed by atoms with Gasteiger partial charge < -0.3 is 5.32 Å². The van der Waals surface area contributed by atoms with Crippen molar-refractivity contribution in [1.82, 2.24) is 4.98 Å². The molecule has 0 fully saturated rings. The van der Waals surface area contributed by atoms with Gasteiger partial charge >= 0.3 is 0 Å². The topological polar surface area (TPSA) is 42.0 Å². The fourth-order valence-corrected chi connectivity index (χ4v) is 3.24. The van der Waals surface area contributed by atoms with E-state index in [-0.39, 0.29) is 9.77 Å². The fraction of sp³-hybridized carbons (Fsp3) is 0. The molecular weight excluding hydrogens is 240 g/mol. The van der Waals surface area contributed by atoms with Gasteiger partial charge in [0.15, 0.2) is 0 Å². The van der Waals surface area contributed by atoms with Gasteiger partial charge in [-0.2, -0.15) is 0 Å². The van der Waals surface area contributed by atoms with E-state index >= 15 is 0 Å².